The van der Waals surface area contributed by atoms with Gasteiger partial charge in [0.15, 0.2) is 5.78 Å². The minimum Gasteiger partial charge on any atom is -0.464 e. The van der Waals surface area contributed by atoms with Crippen LogP contribution in [-0.2, 0) is 16.1 Å². The second-order valence-electron chi connectivity index (χ2n) is 7.34. The number of carbonyl (C=O) groups is 3. The highest BCUT2D eigenvalue weighted by Gasteiger charge is 2.40. The summed E-state index contributed by atoms with van der Waals surface area (Å²) in [5.74, 6) is -0.708. The number of rotatable bonds is 7. The molecule has 0 spiro atoms. The molecule has 144 valence electrons. The van der Waals surface area contributed by atoms with E-state index in [-0.39, 0.29) is 23.7 Å². The van der Waals surface area contributed by atoms with Crippen molar-refractivity contribution in [1.82, 2.24) is 9.47 Å². The van der Waals surface area contributed by atoms with Crippen molar-refractivity contribution in [3.63, 3.8) is 0 Å². The Kier molecular flexibility index (Phi) is 5.94. The average molecular weight is 362 g/mol. The average Bonchev–Trinajstić information content (AvgIpc) is 3.39. The molecule has 1 aromatic heterocycles. The lowest BCUT2D eigenvalue weighted by molar-refractivity contribution is -0.136. The van der Waals surface area contributed by atoms with Crippen molar-refractivity contribution >= 4 is 17.7 Å². The van der Waals surface area contributed by atoms with Crippen molar-refractivity contribution in [3.8, 4) is 0 Å². The van der Waals surface area contributed by atoms with Crippen LogP contribution in [0, 0.1) is 19.8 Å². The summed E-state index contributed by atoms with van der Waals surface area (Å²) in [4.78, 5) is 39.9. The first-order chi connectivity index (χ1) is 12.2. The fraction of sp³-hybridized carbons (Fsp3) is 0.650. The van der Waals surface area contributed by atoms with E-state index in [4.69, 9.17) is 4.74 Å². The molecule has 1 amide bonds. The largest absolute Gasteiger partial charge is 0.464 e. The van der Waals surface area contributed by atoms with Crippen molar-refractivity contribution in [2.24, 2.45) is 5.92 Å². The molecule has 6 nitrogen and oxygen atoms in total. The number of nitrogens with zero attached hydrogens (tertiary/aromatic N) is 2. The molecule has 6 heteroatoms. The quantitative estimate of drug-likeness (QED) is 0.552. The van der Waals surface area contributed by atoms with E-state index in [1.807, 2.05) is 32.3 Å². The molecule has 0 radical (unpaired) electrons. The van der Waals surface area contributed by atoms with Crippen molar-refractivity contribution in [2.75, 3.05) is 7.11 Å². The molecule has 0 N–H and O–H groups in total. The first kappa shape index (κ1) is 20.2. The molecule has 1 aliphatic rings. The molecule has 1 fully saturated rings. The number of hydrogen-bond acceptors (Lipinski definition) is 4. The van der Waals surface area contributed by atoms with E-state index in [0.717, 1.165) is 18.5 Å². The van der Waals surface area contributed by atoms with E-state index in [9.17, 15) is 14.4 Å². The standard InChI is InChI=1S/C20H30N2O4/c1-8-21-13(5)16(12(4)17(21)20(25)26-7)18(23)14(6)22(15-9-10-15)19(24)11(2)3/h11,14-15H,8-10H2,1-7H3/t14-/m1/s1. The van der Waals surface area contributed by atoms with Gasteiger partial charge in [0, 0.05) is 29.8 Å². The molecule has 1 atom stereocenters. The van der Waals surface area contributed by atoms with E-state index < -0.39 is 12.0 Å². The highest BCUT2D eigenvalue weighted by atomic mass is 16.5. The third-order valence-corrected chi connectivity index (χ3v) is 5.19. The van der Waals surface area contributed by atoms with Gasteiger partial charge in [-0.15, -0.1) is 0 Å². The molecule has 26 heavy (non-hydrogen) atoms. The summed E-state index contributed by atoms with van der Waals surface area (Å²) in [7, 11) is 1.34. The number of aromatic nitrogens is 1. The molecular formula is C20H30N2O4. The van der Waals surface area contributed by atoms with Crippen molar-refractivity contribution in [1.29, 1.82) is 0 Å². The zero-order valence-corrected chi connectivity index (χ0v) is 16.9. The van der Waals surface area contributed by atoms with Gasteiger partial charge in [0.2, 0.25) is 5.91 Å². The van der Waals surface area contributed by atoms with Gasteiger partial charge in [-0.05, 0) is 46.1 Å². The van der Waals surface area contributed by atoms with Gasteiger partial charge in [0.05, 0.1) is 13.2 Å². The number of esters is 1. The first-order valence-corrected chi connectivity index (χ1v) is 9.31. The number of Topliss-reactive ketones (excluding diaryl/α,β-unsaturated/α-hetero) is 1. The minimum atomic E-state index is -0.548. The Hall–Kier alpha value is -2.11. The molecule has 1 aliphatic carbocycles. The maximum absolute atomic E-state index is 13.3. The van der Waals surface area contributed by atoms with E-state index in [1.54, 1.807) is 18.7 Å². The maximum atomic E-state index is 13.3. The topological polar surface area (TPSA) is 68.6 Å². The van der Waals surface area contributed by atoms with Crippen molar-refractivity contribution in [2.45, 2.75) is 73.0 Å². The molecule has 2 rings (SSSR count). The lowest BCUT2D eigenvalue weighted by Gasteiger charge is -2.30. The fourth-order valence-electron chi connectivity index (χ4n) is 3.69. The summed E-state index contributed by atoms with van der Waals surface area (Å²) in [6, 6.07) is -0.397. The number of amides is 1. The van der Waals surface area contributed by atoms with Gasteiger partial charge < -0.3 is 14.2 Å². The van der Waals surface area contributed by atoms with Crippen LogP contribution >= 0.6 is 0 Å². The molecular weight excluding hydrogens is 332 g/mol. The fourth-order valence-corrected chi connectivity index (χ4v) is 3.69. The highest BCUT2D eigenvalue weighted by molar-refractivity contribution is 6.06. The Morgan fingerprint density at radius 1 is 1.19 bits per heavy atom. The zero-order chi connectivity index (χ0) is 19.8. The van der Waals surface area contributed by atoms with Crippen LogP contribution in [0.15, 0.2) is 0 Å². The lowest BCUT2D eigenvalue weighted by Crippen LogP contribution is -2.46. The zero-order valence-electron chi connectivity index (χ0n) is 16.9. The van der Waals surface area contributed by atoms with Crippen LogP contribution in [0.1, 0.15) is 72.6 Å². The van der Waals surface area contributed by atoms with Crippen LogP contribution in [0.25, 0.3) is 0 Å². The van der Waals surface area contributed by atoms with E-state index in [1.165, 1.54) is 7.11 Å². The number of ether oxygens (including phenoxy) is 1. The summed E-state index contributed by atoms with van der Waals surface area (Å²) >= 11 is 0. The number of hydrogen-bond donors (Lipinski definition) is 0. The Morgan fingerprint density at radius 3 is 2.19 bits per heavy atom. The van der Waals surface area contributed by atoms with E-state index in [0.29, 0.717) is 23.4 Å². The van der Waals surface area contributed by atoms with Crippen LogP contribution in [0.5, 0.6) is 0 Å². The van der Waals surface area contributed by atoms with Gasteiger partial charge in [-0.2, -0.15) is 0 Å². The first-order valence-electron chi connectivity index (χ1n) is 9.31. The maximum Gasteiger partial charge on any atom is 0.354 e. The molecule has 0 aromatic carbocycles. The van der Waals surface area contributed by atoms with Crippen LogP contribution in [-0.4, -0.2) is 46.3 Å². The Labute approximate surface area is 155 Å². The number of methoxy groups -OCH3 is 1. The van der Waals surface area contributed by atoms with Crippen LogP contribution in [0.3, 0.4) is 0 Å². The Balaban J connectivity index is 2.47. The predicted octanol–water partition coefficient (Wildman–Crippen LogP) is 3.13. The molecule has 1 heterocycles. The van der Waals surface area contributed by atoms with Gasteiger partial charge in [0.1, 0.15) is 5.69 Å². The Bertz CT molecular complexity index is 729. The van der Waals surface area contributed by atoms with E-state index >= 15 is 0 Å². The van der Waals surface area contributed by atoms with Crippen molar-refractivity contribution in [3.05, 3.63) is 22.5 Å². The second kappa shape index (κ2) is 7.64. The van der Waals surface area contributed by atoms with Crippen LogP contribution < -0.4 is 0 Å². The minimum absolute atomic E-state index is 0.00627. The number of ketones is 1. The third kappa shape index (κ3) is 3.41. The molecule has 0 bridgehead atoms. The molecule has 1 aromatic rings. The predicted molar refractivity (Wildman–Crippen MR) is 99.4 cm³/mol. The van der Waals surface area contributed by atoms with Gasteiger partial charge in [-0.3, -0.25) is 9.59 Å². The second-order valence-corrected chi connectivity index (χ2v) is 7.34. The van der Waals surface area contributed by atoms with Crippen LogP contribution in [0.2, 0.25) is 0 Å². The molecule has 0 unspecified atom stereocenters. The summed E-state index contributed by atoms with van der Waals surface area (Å²) in [6.07, 6.45) is 1.88. The monoisotopic (exact) mass is 362 g/mol. The normalized spacial score (nSPS) is 15.1. The summed E-state index contributed by atoms with van der Waals surface area (Å²) < 4.78 is 6.71. The van der Waals surface area contributed by atoms with Gasteiger partial charge in [0.25, 0.3) is 0 Å². The summed E-state index contributed by atoms with van der Waals surface area (Å²) in [5, 5.41) is 0. The highest BCUT2D eigenvalue weighted by Crippen LogP contribution is 2.32. The van der Waals surface area contributed by atoms with Crippen LogP contribution in [0.4, 0.5) is 0 Å². The SMILES string of the molecule is CCn1c(C)c(C(=O)[C@@H](C)N(C(=O)C(C)C)C2CC2)c(C)c1C(=O)OC. The molecule has 0 saturated heterocycles. The third-order valence-electron chi connectivity index (χ3n) is 5.19. The smallest absolute Gasteiger partial charge is 0.354 e. The van der Waals surface area contributed by atoms with Gasteiger partial charge >= 0.3 is 5.97 Å². The summed E-state index contributed by atoms with van der Waals surface area (Å²) in [6.45, 7) is 11.6. The Morgan fingerprint density at radius 2 is 1.77 bits per heavy atom. The lowest BCUT2D eigenvalue weighted by atomic mass is 9.98. The summed E-state index contributed by atoms with van der Waals surface area (Å²) in [5.41, 5.74) is 2.31. The molecule has 1 saturated carbocycles. The number of carbonyl (C=O) groups excluding carboxylic acids is 3. The van der Waals surface area contributed by atoms with Crippen molar-refractivity contribution < 1.29 is 19.1 Å². The van der Waals surface area contributed by atoms with E-state index in [2.05, 4.69) is 0 Å². The van der Waals surface area contributed by atoms with Gasteiger partial charge in [-0.1, -0.05) is 13.8 Å². The molecule has 0 aliphatic heterocycles. The van der Waals surface area contributed by atoms with Gasteiger partial charge in [-0.25, -0.2) is 4.79 Å².